The number of nitrogens with zero attached hydrogens (tertiary/aromatic N) is 4. The number of alkyl halides is 2. The summed E-state index contributed by atoms with van der Waals surface area (Å²) in [5.41, 5.74) is -2.90. The van der Waals surface area contributed by atoms with Crippen LogP contribution < -0.4 is 0 Å². The third-order valence-corrected chi connectivity index (χ3v) is 4.88. The van der Waals surface area contributed by atoms with E-state index in [4.69, 9.17) is 0 Å². The fourth-order valence-electron chi connectivity index (χ4n) is 3.68. The van der Waals surface area contributed by atoms with E-state index in [9.17, 15) is 19.2 Å². The lowest BCUT2D eigenvalue weighted by Gasteiger charge is -2.66. The highest BCUT2D eigenvalue weighted by molar-refractivity contribution is 6.10. The molecule has 3 aliphatic rings. The Hall–Kier alpha value is -2.26. The number of halogens is 2. The lowest BCUT2D eigenvalue weighted by Crippen LogP contribution is -2.93. The van der Waals surface area contributed by atoms with Crippen LogP contribution in [0.1, 0.15) is 0 Å². The van der Waals surface area contributed by atoms with E-state index in [0.717, 1.165) is 33.1 Å². The number of fused-ring (bicyclic) bond motifs is 4. The molecule has 2 aliphatic heterocycles. The maximum atomic E-state index is 15.4. The Morgan fingerprint density at radius 1 is 0.909 bits per heavy atom. The van der Waals surface area contributed by atoms with Crippen molar-refractivity contribution in [2.24, 2.45) is 5.92 Å². The van der Waals surface area contributed by atoms with Gasteiger partial charge in [0, 0.05) is 28.2 Å². The molecule has 6 amide bonds. The highest BCUT2D eigenvalue weighted by Gasteiger charge is 2.87. The van der Waals surface area contributed by atoms with Crippen molar-refractivity contribution in [3.05, 3.63) is 0 Å². The van der Waals surface area contributed by atoms with Crippen molar-refractivity contribution in [3.63, 3.8) is 0 Å². The molecule has 2 saturated heterocycles. The second-order valence-corrected chi connectivity index (χ2v) is 5.83. The van der Waals surface area contributed by atoms with E-state index in [1.807, 2.05) is 0 Å². The first-order chi connectivity index (χ1) is 10.0. The van der Waals surface area contributed by atoms with Gasteiger partial charge in [-0.05, 0) is 0 Å². The molecule has 10 heteroatoms. The van der Waals surface area contributed by atoms with Crippen LogP contribution in [-0.2, 0) is 9.59 Å². The van der Waals surface area contributed by atoms with Gasteiger partial charge in [0.05, 0.1) is 0 Å². The van der Waals surface area contributed by atoms with E-state index in [0.29, 0.717) is 14.7 Å². The first-order valence-electron chi connectivity index (χ1n) is 6.50. The van der Waals surface area contributed by atoms with Gasteiger partial charge in [0.2, 0.25) is 17.4 Å². The lowest BCUT2D eigenvalue weighted by molar-refractivity contribution is -0.272. The van der Waals surface area contributed by atoms with Gasteiger partial charge in [-0.3, -0.25) is 24.3 Å². The number of hydrogen-bond donors (Lipinski definition) is 0. The zero-order valence-corrected chi connectivity index (χ0v) is 12.3. The highest BCUT2D eigenvalue weighted by atomic mass is 19.2. The molecule has 4 atom stereocenters. The molecule has 0 radical (unpaired) electrons. The van der Waals surface area contributed by atoms with Crippen molar-refractivity contribution in [2.45, 2.75) is 17.5 Å². The third-order valence-electron chi connectivity index (χ3n) is 4.88. The predicted molar refractivity (Wildman–Crippen MR) is 66.8 cm³/mol. The first kappa shape index (κ1) is 14.7. The second kappa shape index (κ2) is 3.73. The SMILES string of the molecule is CN1C(=O)C2[C@]3(F)C(=O)N(C)C(=O)N(C)C3[C@]2(F)N(C)C1=O. The van der Waals surface area contributed by atoms with Crippen LogP contribution in [0.4, 0.5) is 18.4 Å². The Balaban J connectivity index is 2.19. The Bertz CT molecular complexity index is 643. The molecule has 3 fully saturated rings. The molecule has 0 aromatic rings. The van der Waals surface area contributed by atoms with Crippen molar-refractivity contribution in [2.75, 3.05) is 28.2 Å². The Morgan fingerprint density at radius 2 is 1.45 bits per heavy atom. The molecule has 3 rings (SSSR count). The molecule has 120 valence electrons. The molecule has 1 saturated carbocycles. The fraction of sp³-hybridized carbons (Fsp3) is 0.667. The number of carbonyl (C=O) groups excluding carboxylic acids is 4. The van der Waals surface area contributed by atoms with Gasteiger partial charge in [-0.25, -0.2) is 18.4 Å². The molecule has 2 unspecified atom stereocenters. The zero-order valence-electron chi connectivity index (χ0n) is 12.3. The normalized spacial score (nSPS) is 41.5. The number of imide groups is 2. The predicted octanol–water partition coefficient (Wildman–Crippen LogP) is -0.593. The van der Waals surface area contributed by atoms with E-state index >= 15 is 8.78 Å². The molecule has 0 spiro atoms. The van der Waals surface area contributed by atoms with Crippen molar-refractivity contribution < 1.29 is 28.0 Å². The van der Waals surface area contributed by atoms with Crippen molar-refractivity contribution in [1.82, 2.24) is 19.6 Å². The molecule has 22 heavy (non-hydrogen) atoms. The summed E-state index contributed by atoms with van der Waals surface area (Å²) in [5, 5.41) is 0. The molecule has 0 aromatic carbocycles. The monoisotopic (exact) mass is 316 g/mol. The van der Waals surface area contributed by atoms with E-state index in [-0.39, 0.29) is 0 Å². The number of urea groups is 2. The van der Waals surface area contributed by atoms with Gasteiger partial charge >= 0.3 is 12.1 Å². The molecular weight excluding hydrogens is 302 g/mol. The highest BCUT2D eigenvalue weighted by Crippen LogP contribution is 2.60. The Morgan fingerprint density at radius 3 is 2.00 bits per heavy atom. The van der Waals surface area contributed by atoms with Crippen molar-refractivity contribution >= 4 is 23.9 Å². The number of hydrogen-bond acceptors (Lipinski definition) is 4. The maximum absolute atomic E-state index is 15.4. The van der Waals surface area contributed by atoms with Crippen LogP contribution in [0.25, 0.3) is 0 Å². The van der Waals surface area contributed by atoms with Gasteiger partial charge in [0.1, 0.15) is 12.0 Å². The summed E-state index contributed by atoms with van der Waals surface area (Å²) >= 11 is 0. The number of amides is 6. The largest absolute Gasteiger partial charge is 0.328 e. The summed E-state index contributed by atoms with van der Waals surface area (Å²) in [7, 11) is 4.34. The molecule has 1 aliphatic carbocycles. The Kier molecular flexibility index (Phi) is 2.49. The standard InChI is InChI=1S/C12H14F2N4O4/c1-15-6(19)5-11(13)7(12(5,14)18(4)10(15)22)16(2)9(21)17(3)8(11)20/h5,7H,1-4H3/t5?,7?,11-,12-/m1/s1. The van der Waals surface area contributed by atoms with Gasteiger partial charge < -0.3 is 4.90 Å². The molecule has 8 nitrogen and oxygen atoms in total. The Labute approximate surface area is 124 Å². The molecule has 2 heterocycles. The minimum absolute atomic E-state index is 0.514. The molecule has 0 bridgehead atoms. The smallest absolute Gasteiger partial charge is 0.315 e. The van der Waals surface area contributed by atoms with Crippen molar-refractivity contribution in [3.8, 4) is 0 Å². The van der Waals surface area contributed by atoms with Gasteiger partial charge in [-0.1, -0.05) is 0 Å². The van der Waals surface area contributed by atoms with E-state index < -0.39 is 47.3 Å². The van der Waals surface area contributed by atoms with Crippen LogP contribution >= 0.6 is 0 Å². The minimum atomic E-state index is -2.90. The summed E-state index contributed by atoms with van der Waals surface area (Å²) in [6.07, 6.45) is 0. The first-order valence-corrected chi connectivity index (χ1v) is 6.50. The van der Waals surface area contributed by atoms with Gasteiger partial charge in [-0.15, -0.1) is 0 Å². The van der Waals surface area contributed by atoms with Gasteiger partial charge in [-0.2, -0.15) is 0 Å². The van der Waals surface area contributed by atoms with Crippen molar-refractivity contribution in [1.29, 1.82) is 0 Å². The zero-order chi connectivity index (χ0) is 16.8. The van der Waals surface area contributed by atoms with Crippen LogP contribution in [0.3, 0.4) is 0 Å². The second-order valence-electron chi connectivity index (χ2n) is 5.83. The van der Waals surface area contributed by atoms with Gasteiger partial charge in [0.15, 0.2) is 0 Å². The number of carbonyl (C=O) groups is 4. The molecular formula is C12H14F2N4O4. The lowest BCUT2D eigenvalue weighted by atomic mass is 9.56. The fourth-order valence-corrected chi connectivity index (χ4v) is 3.68. The number of likely N-dealkylation sites (N-methyl/N-ethyl adjacent to an activating group) is 2. The maximum Gasteiger partial charge on any atom is 0.328 e. The average Bonchev–Trinajstić information content (AvgIpc) is 2.47. The van der Waals surface area contributed by atoms with Gasteiger partial charge in [0.25, 0.3) is 5.91 Å². The quantitative estimate of drug-likeness (QED) is 0.559. The summed E-state index contributed by atoms with van der Waals surface area (Å²) in [5.74, 6) is -7.14. The van der Waals surface area contributed by atoms with Crippen LogP contribution in [0.5, 0.6) is 0 Å². The van der Waals surface area contributed by atoms with E-state index in [1.165, 1.54) is 0 Å². The summed E-state index contributed by atoms with van der Waals surface area (Å²) in [6, 6.07) is -3.71. The summed E-state index contributed by atoms with van der Waals surface area (Å²) < 4.78 is 30.7. The average molecular weight is 316 g/mol. The van der Waals surface area contributed by atoms with E-state index in [2.05, 4.69) is 0 Å². The van der Waals surface area contributed by atoms with Crippen LogP contribution in [0.2, 0.25) is 0 Å². The number of rotatable bonds is 0. The minimum Gasteiger partial charge on any atom is -0.315 e. The molecule has 0 N–H and O–H groups in total. The van der Waals surface area contributed by atoms with Crippen LogP contribution in [-0.4, -0.2) is 89.2 Å². The van der Waals surface area contributed by atoms with E-state index in [1.54, 1.807) is 0 Å². The summed E-state index contributed by atoms with van der Waals surface area (Å²) in [6.45, 7) is 0. The molecule has 0 aromatic heterocycles. The topological polar surface area (TPSA) is 81.2 Å². The summed E-state index contributed by atoms with van der Waals surface area (Å²) in [4.78, 5) is 50.6. The third kappa shape index (κ3) is 1.15. The van der Waals surface area contributed by atoms with Crippen LogP contribution in [0, 0.1) is 5.92 Å². The van der Waals surface area contributed by atoms with Crippen LogP contribution in [0.15, 0.2) is 0 Å².